The first-order valence-corrected chi connectivity index (χ1v) is 8.45. The maximum absolute atomic E-state index is 12.7. The Labute approximate surface area is 140 Å². The van der Waals surface area contributed by atoms with Crippen molar-refractivity contribution < 1.29 is 14.3 Å². The molecule has 0 aliphatic carbocycles. The second kappa shape index (κ2) is 8.01. The number of rotatable bonds is 5. The van der Waals surface area contributed by atoms with E-state index in [0.717, 1.165) is 6.54 Å². The van der Waals surface area contributed by atoms with E-state index in [9.17, 15) is 9.59 Å². The van der Waals surface area contributed by atoms with Crippen LogP contribution >= 0.6 is 11.8 Å². The summed E-state index contributed by atoms with van der Waals surface area (Å²) in [5.41, 5.74) is 0.491. The van der Waals surface area contributed by atoms with Crippen molar-refractivity contribution in [3.8, 4) is 5.75 Å². The molecular formula is C16H21N3O3S. The highest BCUT2D eigenvalue weighted by molar-refractivity contribution is 8.15. The minimum atomic E-state index is -0.461. The Balaban J connectivity index is 2.21. The lowest BCUT2D eigenvalue weighted by molar-refractivity contribution is -0.121. The standard InChI is InChI=1S/C16H21N3O3S/c1-4-17-16(18-5-2)23-13-10-14(20)19(15(13)21)11-8-6-7-9-12(11)22-3/h6-9,13H,4-5,10H2,1-3H3,(H,17,18). The van der Waals surface area contributed by atoms with Crippen LogP contribution in [0.3, 0.4) is 0 Å². The summed E-state index contributed by atoms with van der Waals surface area (Å²) in [7, 11) is 1.52. The molecule has 124 valence electrons. The molecule has 1 aliphatic heterocycles. The van der Waals surface area contributed by atoms with Crippen LogP contribution in [-0.4, -0.2) is 42.4 Å². The van der Waals surface area contributed by atoms with Gasteiger partial charge in [-0.3, -0.25) is 14.6 Å². The topological polar surface area (TPSA) is 71.0 Å². The number of carbonyl (C=O) groups is 2. The molecule has 0 bridgehead atoms. The van der Waals surface area contributed by atoms with Crippen molar-refractivity contribution in [2.75, 3.05) is 25.1 Å². The van der Waals surface area contributed by atoms with E-state index in [2.05, 4.69) is 10.3 Å². The zero-order chi connectivity index (χ0) is 16.8. The Morgan fingerprint density at radius 1 is 1.39 bits per heavy atom. The SMILES string of the molecule is CCN=C(NCC)SC1CC(=O)N(c2ccccc2OC)C1=O. The lowest BCUT2D eigenvalue weighted by Gasteiger charge is -2.18. The van der Waals surface area contributed by atoms with Crippen molar-refractivity contribution in [1.82, 2.24) is 5.32 Å². The Morgan fingerprint density at radius 2 is 2.13 bits per heavy atom. The molecule has 1 unspecified atom stereocenters. The van der Waals surface area contributed by atoms with Gasteiger partial charge in [0.2, 0.25) is 11.8 Å². The van der Waals surface area contributed by atoms with Crippen LogP contribution in [0, 0.1) is 0 Å². The number of methoxy groups -OCH3 is 1. The number of benzene rings is 1. The minimum absolute atomic E-state index is 0.162. The van der Waals surface area contributed by atoms with Gasteiger partial charge in [0.1, 0.15) is 11.0 Å². The number of ether oxygens (including phenoxy) is 1. The number of carbonyl (C=O) groups excluding carboxylic acids is 2. The lowest BCUT2D eigenvalue weighted by atomic mass is 10.2. The Hall–Kier alpha value is -2.02. The van der Waals surface area contributed by atoms with Crippen LogP contribution in [0.5, 0.6) is 5.75 Å². The molecule has 1 atom stereocenters. The molecule has 2 amide bonds. The normalized spacial score (nSPS) is 18.5. The predicted octanol–water partition coefficient (Wildman–Crippen LogP) is 2.05. The van der Waals surface area contributed by atoms with Gasteiger partial charge in [0.05, 0.1) is 12.8 Å². The zero-order valence-electron chi connectivity index (χ0n) is 13.5. The smallest absolute Gasteiger partial charge is 0.248 e. The molecule has 1 aromatic rings. The number of amides is 2. The van der Waals surface area contributed by atoms with Crippen LogP contribution in [-0.2, 0) is 9.59 Å². The fraction of sp³-hybridized carbons (Fsp3) is 0.438. The van der Waals surface area contributed by atoms with Gasteiger partial charge in [0, 0.05) is 19.5 Å². The highest BCUT2D eigenvalue weighted by Gasteiger charge is 2.41. The molecule has 0 aromatic heterocycles. The average molecular weight is 335 g/mol. The highest BCUT2D eigenvalue weighted by Crippen LogP contribution is 2.35. The summed E-state index contributed by atoms with van der Waals surface area (Å²) in [6.07, 6.45) is 0.162. The number of amidine groups is 1. The number of hydrogen-bond acceptors (Lipinski definition) is 5. The maximum Gasteiger partial charge on any atom is 0.248 e. The van der Waals surface area contributed by atoms with Crippen molar-refractivity contribution in [1.29, 1.82) is 0 Å². The van der Waals surface area contributed by atoms with Gasteiger partial charge >= 0.3 is 0 Å². The maximum atomic E-state index is 12.7. The van der Waals surface area contributed by atoms with Crippen molar-refractivity contribution in [3.05, 3.63) is 24.3 Å². The van der Waals surface area contributed by atoms with E-state index in [0.29, 0.717) is 23.1 Å². The molecule has 7 heteroatoms. The predicted molar refractivity (Wildman–Crippen MR) is 93.1 cm³/mol. The first kappa shape index (κ1) is 17.3. The number of imide groups is 1. The van der Waals surface area contributed by atoms with E-state index in [1.54, 1.807) is 24.3 Å². The zero-order valence-corrected chi connectivity index (χ0v) is 14.4. The monoisotopic (exact) mass is 335 g/mol. The molecule has 0 radical (unpaired) electrons. The van der Waals surface area contributed by atoms with Crippen LogP contribution < -0.4 is 15.0 Å². The molecule has 2 rings (SSSR count). The van der Waals surface area contributed by atoms with Gasteiger partial charge in [-0.05, 0) is 26.0 Å². The number of nitrogens with zero attached hydrogens (tertiary/aromatic N) is 2. The lowest BCUT2D eigenvalue weighted by Crippen LogP contribution is -2.32. The molecule has 6 nitrogen and oxygen atoms in total. The number of hydrogen-bond donors (Lipinski definition) is 1. The fourth-order valence-corrected chi connectivity index (χ4v) is 3.46. The van der Waals surface area contributed by atoms with Crippen molar-refractivity contribution in [2.45, 2.75) is 25.5 Å². The third kappa shape index (κ3) is 3.85. The van der Waals surface area contributed by atoms with Crippen molar-refractivity contribution in [2.24, 2.45) is 4.99 Å². The molecule has 1 aromatic carbocycles. The van der Waals surface area contributed by atoms with Crippen LogP contribution in [0.1, 0.15) is 20.3 Å². The Bertz CT molecular complexity index is 618. The minimum Gasteiger partial charge on any atom is -0.495 e. The highest BCUT2D eigenvalue weighted by atomic mass is 32.2. The van der Waals surface area contributed by atoms with E-state index in [1.165, 1.54) is 23.8 Å². The van der Waals surface area contributed by atoms with Gasteiger partial charge < -0.3 is 10.1 Å². The summed E-state index contributed by atoms with van der Waals surface area (Å²) < 4.78 is 5.26. The summed E-state index contributed by atoms with van der Waals surface area (Å²) in [6.45, 7) is 5.24. The third-order valence-electron chi connectivity index (χ3n) is 3.31. The van der Waals surface area contributed by atoms with E-state index >= 15 is 0 Å². The van der Waals surface area contributed by atoms with Gasteiger partial charge in [-0.25, -0.2) is 4.90 Å². The van der Waals surface area contributed by atoms with E-state index in [1.807, 2.05) is 13.8 Å². The van der Waals surface area contributed by atoms with Crippen molar-refractivity contribution >= 4 is 34.4 Å². The molecule has 1 aliphatic rings. The summed E-state index contributed by atoms with van der Waals surface area (Å²) in [5, 5.41) is 3.37. The number of para-hydroxylation sites is 2. The van der Waals surface area contributed by atoms with Crippen LogP contribution in [0.15, 0.2) is 29.3 Å². The van der Waals surface area contributed by atoms with E-state index in [4.69, 9.17) is 4.74 Å². The molecule has 0 saturated carbocycles. The summed E-state index contributed by atoms with van der Waals surface area (Å²) in [4.78, 5) is 30.6. The number of thioether (sulfide) groups is 1. The summed E-state index contributed by atoms with van der Waals surface area (Å²) >= 11 is 1.31. The van der Waals surface area contributed by atoms with Crippen LogP contribution in [0.2, 0.25) is 0 Å². The molecule has 1 saturated heterocycles. The number of anilines is 1. The molecule has 1 N–H and O–H groups in total. The molecule has 0 spiro atoms. The largest absolute Gasteiger partial charge is 0.495 e. The van der Waals surface area contributed by atoms with E-state index in [-0.39, 0.29) is 18.2 Å². The quantitative estimate of drug-likeness (QED) is 0.506. The molecule has 1 heterocycles. The van der Waals surface area contributed by atoms with Gasteiger partial charge in [-0.15, -0.1) is 0 Å². The summed E-state index contributed by atoms with van der Waals surface area (Å²) in [6, 6.07) is 7.03. The molecular weight excluding hydrogens is 314 g/mol. The van der Waals surface area contributed by atoms with Gasteiger partial charge in [0.25, 0.3) is 0 Å². The van der Waals surface area contributed by atoms with Gasteiger partial charge in [0.15, 0.2) is 5.17 Å². The van der Waals surface area contributed by atoms with Gasteiger partial charge in [-0.1, -0.05) is 23.9 Å². The van der Waals surface area contributed by atoms with Gasteiger partial charge in [-0.2, -0.15) is 0 Å². The Kier molecular flexibility index (Phi) is 6.04. The molecule has 1 fully saturated rings. The first-order chi connectivity index (χ1) is 11.1. The second-order valence-corrected chi connectivity index (χ2v) is 6.05. The van der Waals surface area contributed by atoms with Crippen LogP contribution in [0.25, 0.3) is 0 Å². The average Bonchev–Trinajstić information content (AvgIpc) is 2.82. The Morgan fingerprint density at radius 3 is 2.78 bits per heavy atom. The fourth-order valence-electron chi connectivity index (χ4n) is 2.33. The third-order valence-corrected chi connectivity index (χ3v) is 4.46. The van der Waals surface area contributed by atoms with E-state index < -0.39 is 5.25 Å². The first-order valence-electron chi connectivity index (χ1n) is 7.57. The number of nitrogens with one attached hydrogen (secondary N) is 1. The van der Waals surface area contributed by atoms with Crippen molar-refractivity contribution in [3.63, 3.8) is 0 Å². The van der Waals surface area contributed by atoms with Crippen LogP contribution in [0.4, 0.5) is 5.69 Å². The number of aliphatic imine (C=N–C) groups is 1. The molecule has 23 heavy (non-hydrogen) atoms. The summed E-state index contributed by atoms with van der Waals surface area (Å²) in [5.74, 6) is 0.0598. The second-order valence-electron chi connectivity index (χ2n) is 4.86.